The summed E-state index contributed by atoms with van der Waals surface area (Å²) in [6.45, 7) is 5.10. The third kappa shape index (κ3) is 4.80. The molecule has 0 unspecified atom stereocenters. The summed E-state index contributed by atoms with van der Waals surface area (Å²) in [5, 5.41) is 20.1. The molecule has 2 aromatic carbocycles. The molecule has 1 atom stereocenters. The van der Waals surface area contributed by atoms with E-state index < -0.39 is 5.60 Å². The van der Waals surface area contributed by atoms with Crippen molar-refractivity contribution in [3.63, 3.8) is 0 Å². The number of aliphatic hydroxyl groups excluding tert-OH is 1. The Hall–Kier alpha value is -4.18. The zero-order chi connectivity index (χ0) is 25.0. The molecule has 1 aliphatic heterocycles. The van der Waals surface area contributed by atoms with Crippen LogP contribution in [0, 0.1) is 0 Å². The lowest BCUT2D eigenvalue weighted by molar-refractivity contribution is -0.111. The molecule has 0 saturated carbocycles. The molecule has 0 radical (unpaired) electrons. The van der Waals surface area contributed by atoms with Crippen LogP contribution in [0.3, 0.4) is 0 Å². The molecule has 5 rings (SSSR count). The van der Waals surface area contributed by atoms with Crippen LogP contribution in [0.15, 0.2) is 79.6 Å². The zero-order valence-electron chi connectivity index (χ0n) is 19.6. The van der Waals surface area contributed by atoms with Crippen LogP contribution < -0.4 is 16.0 Å². The fourth-order valence-electron chi connectivity index (χ4n) is 4.18. The maximum Gasteiger partial charge on any atom is 0.247 e. The molecular formula is C27H26N6O3. The van der Waals surface area contributed by atoms with E-state index in [1.54, 1.807) is 12.4 Å². The Kier molecular flexibility index (Phi) is 6.68. The second kappa shape index (κ2) is 10.2. The number of para-hydroxylation sites is 1. The molecule has 0 aliphatic carbocycles. The molecular weight excluding hydrogens is 456 g/mol. The van der Waals surface area contributed by atoms with E-state index in [1.165, 1.54) is 6.08 Å². The van der Waals surface area contributed by atoms with Gasteiger partial charge in [-0.25, -0.2) is 9.97 Å². The van der Waals surface area contributed by atoms with Crippen LogP contribution in [-0.2, 0) is 15.1 Å². The molecule has 36 heavy (non-hydrogen) atoms. The highest BCUT2D eigenvalue weighted by molar-refractivity contribution is 6.00. The first-order valence-electron chi connectivity index (χ1n) is 11.6. The molecule has 1 aliphatic rings. The Labute approximate surface area is 208 Å². The zero-order valence-corrected chi connectivity index (χ0v) is 19.6. The molecule has 1 fully saturated rings. The highest BCUT2D eigenvalue weighted by Crippen LogP contribution is 2.30. The first kappa shape index (κ1) is 23.6. The highest BCUT2D eigenvalue weighted by Gasteiger charge is 2.36. The number of hydrogen-bond donors (Lipinski definition) is 4. The van der Waals surface area contributed by atoms with Gasteiger partial charge in [-0.05, 0) is 35.9 Å². The van der Waals surface area contributed by atoms with E-state index in [0.717, 1.165) is 28.6 Å². The van der Waals surface area contributed by atoms with Gasteiger partial charge in [-0.2, -0.15) is 0 Å². The highest BCUT2D eigenvalue weighted by atomic mass is 16.5. The number of aromatic nitrogens is 3. The molecule has 0 spiro atoms. The van der Waals surface area contributed by atoms with Crippen molar-refractivity contribution in [3.8, 4) is 11.1 Å². The van der Waals surface area contributed by atoms with Crippen LogP contribution in [0.1, 0.15) is 5.69 Å². The van der Waals surface area contributed by atoms with Crippen molar-refractivity contribution in [2.75, 3.05) is 36.9 Å². The Balaban J connectivity index is 1.42. The minimum absolute atomic E-state index is 0.158. The van der Waals surface area contributed by atoms with Crippen molar-refractivity contribution in [2.45, 2.75) is 5.60 Å². The lowest BCUT2D eigenvalue weighted by Crippen LogP contribution is -2.50. The number of morpholine rings is 1. The van der Waals surface area contributed by atoms with Gasteiger partial charge in [-0.1, -0.05) is 36.9 Å². The number of ether oxygens (including phenoxy) is 1. The van der Waals surface area contributed by atoms with Gasteiger partial charge in [0.05, 0.1) is 36.3 Å². The molecule has 2 aromatic heterocycles. The van der Waals surface area contributed by atoms with Crippen molar-refractivity contribution in [2.24, 2.45) is 0 Å². The Morgan fingerprint density at radius 3 is 2.78 bits per heavy atom. The summed E-state index contributed by atoms with van der Waals surface area (Å²) in [4.78, 5) is 25.5. The second-order valence-corrected chi connectivity index (χ2v) is 8.45. The summed E-state index contributed by atoms with van der Waals surface area (Å²) in [5.41, 5.74) is 3.79. The van der Waals surface area contributed by atoms with Gasteiger partial charge in [-0.15, -0.1) is 0 Å². The molecule has 4 aromatic rings. The summed E-state index contributed by atoms with van der Waals surface area (Å²) >= 11 is 0. The van der Waals surface area contributed by atoms with Gasteiger partial charge in [0, 0.05) is 35.9 Å². The molecule has 4 N–H and O–H groups in total. The molecule has 3 heterocycles. The predicted octanol–water partition coefficient (Wildman–Crippen LogP) is 3.37. The maximum absolute atomic E-state index is 11.7. The lowest BCUT2D eigenvalue weighted by Gasteiger charge is -2.35. The van der Waals surface area contributed by atoms with Gasteiger partial charge in [0.25, 0.3) is 0 Å². The number of amides is 1. The second-order valence-electron chi connectivity index (χ2n) is 8.45. The van der Waals surface area contributed by atoms with E-state index in [-0.39, 0.29) is 12.5 Å². The first-order valence-corrected chi connectivity index (χ1v) is 11.6. The number of anilines is 3. The number of pyridine rings is 1. The van der Waals surface area contributed by atoms with Gasteiger partial charge in [-0.3, -0.25) is 9.78 Å². The molecule has 1 saturated heterocycles. The quantitative estimate of drug-likeness (QED) is 0.296. The topological polar surface area (TPSA) is 121 Å². The van der Waals surface area contributed by atoms with Gasteiger partial charge < -0.3 is 25.8 Å². The minimum atomic E-state index is -0.842. The van der Waals surface area contributed by atoms with Gasteiger partial charge in [0.2, 0.25) is 11.9 Å². The monoisotopic (exact) mass is 482 g/mol. The summed E-state index contributed by atoms with van der Waals surface area (Å²) in [6.07, 6.45) is 4.68. The number of carbonyl (C=O) groups is 1. The number of nitrogens with one attached hydrogen (secondary N) is 3. The van der Waals surface area contributed by atoms with Crippen LogP contribution >= 0.6 is 0 Å². The number of hydrogen-bond acceptors (Lipinski definition) is 8. The van der Waals surface area contributed by atoms with Crippen molar-refractivity contribution in [1.29, 1.82) is 0 Å². The average molecular weight is 483 g/mol. The van der Waals surface area contributed by atoms with Crippen LogP contribution in [0.25, 0.3) is 22.0 Å². The Bertz CT molecular complexity index is 1400. The smallest absolute Gasteiger partial charge is 0.247 e. The summed E-state index contributed by atoms with van der Waals surface area (Å²) < 4.78 is 5.85. The Morgan fingerprint density at radius 2 is 2.03 bits per heavy atom. The van der Waals surface area contributed by atoms with Crippen LogP contribution in [0.5, 0.6) is 0 Å². The number of fused-ring (bicyclic) bond motifs is 1. The van der Waals surface area contributed by atoms with Crippen LogP contribution in [0.2, 0.25) is 0 Å². The fraction of sp³-hybridized carbons (Fsp3) is 0.185. The minimum Gasteiger partial charge on any atom is -0.393 e. The maximum atomic E-state index is 11.7. The first-order chi connectivity index (χ1) is 17.6. The SMILES string of the molecule is C=CC(=O)Nc1cccc(-c2cccc3cnc(Nc4ccc([C@]5(CO)CNCCO5)nc4)nc23)c1. The van der Waals surface area contributed by atoms with Crippen molar-refractivity contribution in [1.82, 2.24) is 20.3 Å². The number of carbonyl (C=O) groups excluding carboxylic acids is 1. The van der Waals surface area contributed by atoms with Crippen LogP contribution in [0.4, 0.5) is 17.3 Å². The third-order valence-electron chi connectivity index (χ3n) is 6.05. The van der Waals surface area contributed by atoms with Crippen molar-refractivity contribution >= 4 is 34.1 Å². The molecule has 9 heteroatoms. The number of rotatable bonds is 7. The van der Waals surface area contributed by atoms with E-state index in [4.69, 9.17) is 9.72 Å². The molecule has 0 bridgehead atoms. The third-order valence-corrected chi connectivity index (χ3v) is 6.05. The van der Waals surface area contributed by atoms with Gasteiger partial charge in [0.1, 0.15) is 5.60 Å². The lowest BCUT2D eigenvalue weighted by atomic mass is 9.98. The van der Waals surface area contributed by atoms with Crippen molar-refractivity contribution in [3.05, 3.63) is 85.3 Å². The molecule has 1 amide bonds. The number of aliphatic hydroxyl groups is 1. The normalized spacial score (nSPS) is 17.5. The fourth-order valence-corrected chi connectivity index (χ4v) is 4.18. The van der Waals surface area contributed by atoms with Crippen molar-refractivity contribution < 1.29 is 14.6 Å². The summed E-state index contributed by atoms with van der Waals surface area (Å²) in [6, 6.07) is 17.2. The van der Waals surface area contributed by atoms with E-state index in [2.05, 4.69) is 32.5 Å². The van der Waals surface area contributed by atoms with Gasteiger partial charge in [0.15, 0.2) is 0 Å². The largest absolute Gasteiger partial charge is 0.393 e. The van der Waals surface area contributed by atoms with E-state index in [0.29, 0.717) is 36.2 Å². The Morgan fingerprint density at radius 1 is 1.14 bits per heavy atom. The predicted molar refractivity (Wildman–Crippen MR) is 139 cm³/mol. The number of benzene rings is 2. The average Bonchev–Trinajstić information content (AvgIpc) is 2.93. The van der Waals surface area contributed by atoms with Crippen LogP contribution in [-0.4, -0.2) is 52.3 Å². The van der Waals surface area contributed by atoms with E-state index in [1.807, 2.05) is 54.6 Å². The molecule has 182 valence electrons. The van der Waals surface area contributed by atoms with E-state index in [9.17, 15) is 9.90 Å². The standard InChI is InChI=1S/C27H26N6O3/c1-2-24(35)31-20-7-3-5-18(13-20)22-8-4-6-19-14-30-26(33-25(19)22)32-21-9-10-23(29-15-21)27(17-34)16-28-11-12-36-27/h2-10,13-15,28,34H,1,11-12,16-17H2,(H,31,35)(H,30,32,33)/t27-/m1/s1. The van der Waals surface area contributed by atoms with E-state index >= 15 is 0 Å². The molecule has 9 nitrogen and oxygen atoms in total. The van der Waals surface area contributed by atoms with Gasteiger partial charge >= 0.3 is 0 Å². The summed E-state index contributed by atoms with van der Waals surface area (Å²) in [5.74, 6) is 0.155. The number of nitrogens with zero attached hydrogens (tertiary/aromatic N) is 3. The summed E-state index contributed by atoms with van der Waals surface area (Å²) in [7, 11) is 0.